The zero-order chi connectivity index (χ0) is 16.0. The molecule has 0 bridgehead atoms. The average molecular weight is 320 g/mol. The van der Waals surface area contributed by atoms with Gasteiger partial charge in [-0.2, -0.15) is 18.4 Å². The Morgan fingerprint density at radius 3 is 2.67 bits per heavy atom. The lowest BCUT2D eigenvalue weighted by molar-refractivity contribution is -0.134. The number of thiophene rings is 1. The van der Waals surface area contributed by atoms with Crippen molar-refractivity contribution < 1.29 is 18.0 Å². The number of nitrogen functional groups attached to an aromatic ring is 1. The van der Waals surface area contributed by atoms with E-state index in [0.717, 1.165) is 11.3 Å². The molecule has 0 saturated heterocycles. The second kappa shape index (κ2) is 7.17. The van der Waals surface area contributed by atoms with Crippen molar-refractivity contribution in [1.82, 2.24) is 5.32 Å². The van der Waals surface area contributed by atoms with Gasteiger partial charge in [0.05, 0.1) is 5.69 Å². The normalized spacial score (nSPS) is 11.0. The second-order valence-corrected chi connectivity index (χ2v) is 5.19. The maximum atomic E-state index is 12.0. The summed E-state index contributed by atoms with van der Waals surface area (Å²) < 4.78 is 36.1. The van der Waals surface area contributed by atoms with Crippen LogP contribution in [0.5, 0.6) is 0 Å². The van der Waals surface area contributed by atoms with Gasteiger partial charge in [-0.3, -0.25) is 4.79 Å². The van der Waals surface area contributed by atoms with Crippen molar-refractivity contribution in [2.24, 2.45) is 0 Å². The van der Waals surface area contributed by atoms with Gasteiger partial charge in [-0.1, -0.05) is 0 Å². The van der Waals surface area contributed by atoms with Crippen molar-refractivity contribution in [3.05, 3.63) is 10.4 Å². The molecule has 1 amide bonds. The lowest BCUT2D eigenvalue weighted by atomic mass is 10.2. The molecule has 0 unspecified atom stereocenters. The molecule has 0 atom stereocenters. The number of nitrogens with zero attached hydrogens (tertiary/aromatic N) is 1. The Balaban J connectivity index is 2.77. The quantitative estimate of drug-likeness (QED) is 0.703. The maximum absolute atomic E-state index is 12.0. The van der Waals surface area contributed by atoms with Gasteiger partial charge in [0.1, 0.15) is 21.5 Å². The molecule has 9 heteroatoms. The zero-order valence-corrected chi connectivity index (χ0v) is 12.1. The van der Waals surface area contributed by atoms with E-state index in [1.807, 2.05) is 6.07 Å². The summed E-state index contributed by atoms with van der Waals surface area (Å²) in [7, 11) is 0. The highest BCUT2D eigenvalue weighted by Gasteiger charge is 2.26. The Kier molecular flexibility index (Phi) is 5.84. The van der Waals surface area contributed by atoms with Crippen LogP contribution in [0.2, 0.25) is 0 Å². The number of nitriles is 1. The highest BCUT2D eigenvalue weighted by molar-refractivity contribution is 7.18. The van der Waals surface area contributed by atoms with E-state index in [9.17, 15) is 18.0 Å². The molecule has 5 nitrogen and oxygen atoms in total. The maximum Gasteiger partial charge on any atom is 0.389 e. The van der Waals surface area contributed by atoms with Gasteiger partial charge >= 0.3 is 6.18 Å². The Morgan fingerprint density at radius 2 is 2.14 bits per heavy atom. The number of carbonyl (C=O) groups excluding carboxylic acids is 1. The fourth-order valence-electron chi connectivity index (χ4n) is 1.58. The van der Waals surface area contributed by atoms with Crippen LogP contribution in [0.25, 0.3) is 0 Å². The number of hydrogen-bond donors (Lipinski definition) is 3. The van der Waals surface area contributed by atoms with Gasteiger partial charge in [0.15, 0.2) is 0 Å². The van der Waals surface area contributed by atoms with Gasteiger partial charge in [-0.25, -0.2) is 0 Å². The van der Waals surface area contributed by atoms with E-state index in [0.29, 0.717) is 11.5 Å². The SMILES string of the molecule is CCNC(=O)c1sc(NCCCC(F)(F)F)c(C#N)c1N. The minimum Gasteiger partial charge on any atom is -0.396 e. The number of alkyl halides is 3. The second-order valence-electron chi connectivity index (χ2n) is 4.17. The van der Waals surface area contributed by atoms with E-state index >= 15 is 0 Å². The molecule has 116 valence electrons. The zero-order valence-electron chi connectivity index (χ0n) is 11.3. The molecule has 0 radical (unpaired) electrons. The summed E-state index contributed by atoms with van der Waals surface area (Å²) in [6.45, 7) is 2.19. The van der Waals surface area contributed by atoms with Gasteiger partial charge in [0, 0.05) is 19.5 Å². The summed E-state index contributed by atoms with van der Waals surface area (Å²) in [6, 6.07) is 1.86. The molecule has 0 aliphatic heterocycles. The number of hydrogen-bond acceptors (Lipinski definition) is 5. The smallest absolute Gasteiger partial charge is 0.389 e. The third-order valence-electron chi connectivity index (χ3n) is 2.52. The lowest BCUT2D eigenvalue weighted by Gasteiger charge is -2.07. The fourth-order valence-corrected chi connectivity index (χ4v) is 2.59. The molecule has 0 saturated carbocycles. The highest BCUT2D eigenvalue weighted by atomic mass is 32.1. The standard InChI is InChI=1S/C12H15F3N4OS/c1-2-18-10(20)9-8(17)7(6-16)11(21-9)19-5-3-4-12(13,14)15/h19H,2-5,17H2,1H3,(H,18,20). The fraction of sp³-hybridized carbons (Fsp3) is 0.500. The summed E-state index contributed by atoms with van der Waals surface area (Å²) in [5.74, 6) is -0.403. The molecule has 1 rings (SSSR count). The third-order valence-corrected chi connectivity index (χ3v) is 3.69. The largest absolute Gasteiger partial charge is 0.396 e. The van der Waals surface area contributed by atoms with Crippen LogP contribution in [0, 0.1) is 11.3 Å². The van der Waals surface area contributed by atoms with Crippen LogP contribution in [-0.2, 0) is 0 Å². The molecule has 1 aromatic heterocycles. The van der Waals surface area contributed by atoms with Gasteiger partial charge < -0.3 is 16.4 Å². The number of rotatable bonds is 6. The van der Waals surface area contributed by atoms with Gasteiger partial charge in [-0.05, 0) is 13.3 Å². The number of halogens is 3. The Labute approximate surface area is 123 Å². The van der Waals surface area contributed by atoms with E-state index in [2.05, 4.69) is 10.6 Å². The Hall–Kier alpha value is -1.95. The van der Waals surface area contributed by atoms with Crippen molar-refractivity contribution in [1.29, 1.82) is 5.26 Å². The number of nitrogens with two attached hydrogens (primary N) is 1. The predicted octanol–water partition coefficient (Wildman–Crippen LogP) is 2.71. The number of anilines is 2. The van der Waals surface area contributed by atoms with Crippen molar-refractivity contribution in [2.45, 2.75) is 25.9 Å². The summed E-state index contributed by atoms with van der Waals surface area (Å²) in [5, 5.41) is 14.6. The minimum absolute atomic E-state index is 0.0446. The topological polar surface area (TPSA) is 90.9 Å². The monoisotopic (exact) mass is 320 g/mol. The molecule has 0 fully saturated rings. The molecule has 1 aromatic rings. The van der Waals surface area contributed by atoms with Gasteiger partial charge in [-0.15, -0.1) is 11.3 Å². The molecule has 0 spiro atoms. The van der Waals surface area contributed by atoms with E-state index < -0.39 is 18.5 Å². The van der Waals surface area contributed by atoms with E-state index in [4.69, 9.17) is 11.0 Å². The average Bonchev–Trinajstić information content (AvgIpc) is 2.70. The van der Waals surface area contributed by atoms with Gasteiger partial charge in [0.2, 0.25) is 0 Å². The summed E-state index contributed by atoms with van der Waals surface area (Å²) in [4.78, 5) is 11.9. The van der Waals surface area contributed by atoms with E-state index in [1.165, 1.54) is 0 Å². The molecule has 21 heavy (non-hydrogen) atoms. The number of carbonyl (C=O) groups is 1. The minimum atomic E-state index is -4.21. The lowest BCUT2D eigenvalue weighted by Crippen LogP contribution is -2.22. The molecule has 0 aliphatic rings. The summed E-state index contributed by atoms with van der Waals surface area (Å²) >= 11 is 0.965. The predicted molar refractivity (Wildman–Crippen MR) is 75.2 cm³/mol. The van der Waals surface area contributed by atoms with E-state index in [1.54, 1.807) is 6.92 Å². The molecule has 0 aromatic carbocycles. The van der Waals surface area contributed by atoms with Crippen LogP contribution in [0.1, 0.15) is 35.0 Å². The van der Waals surface area contributed by atoms with Crippen molar-refractivity contribution >= 4 is 27.9 Å². The summed E-state index contributed by atoms with van der Waals surface area (Å²) in [5.41, 5.74) is 5.87. The van der Waals surface area contributed by atoms with Gasteiger partial charge in [0.25, 0.3) is 5.91 Å². The van der Waals surface area contributed by atoms with Crippen LogP contribution in [-0.4, -0.2) is 25.2 Å². The van der Waals surface area contributed by atoms with Crippen molar-refractivity contribution in [3.8, 4) is 6.07 Å². The van der Waals surface area contributed by atoms with Crippen LogP contribution in [0.15, 0.2) is 0 Å². The molecule has 0 aliphatic carbocycles. The molecule has 1 heterocycles. The first kappa shape index (κ1) is 17.1. The Morgan fingerprint density at radius 1 is 1.48 bits per heavy atom. The molecular formula is C12H15F3N4OS. The van der Waals surface area contributed by atoms with Crippen LogP contribution in [0.4, 0.5) is 23.9 Å². The first-order chi connectivity index (χ1) is 9.80. The first-order valence-corrected chi connectivity index (χ1v) is 7.03. The van der Waals surface area contributed by atoms with Crippen LogP contribution >= 0.6 is 11.3 Å². The molecule has 4 N–H and O–H groups in total. The summed E-state index contributed by atoms with van der Waals surface area (Å²) in [6.07, 6.45) is -5.24. The van der Waals surface area contributed by atoms with Crippen molar-refractivity contribution in [3.63, 3.8) is 0 Å². The van der Waals surface area contributed by atoms with Crippen LogP contribution < -0.4 is 16.4 Å². The van der Waals surface area contributed by atoms with Crippen molar-refractivity contribution in [2.75, 3.05) is 24.1 Å². The Bertz CT molecular complexity index is 548. The number of nitrogens with one attached hydrogen (secondary N) is 2. The van der Waals surface area contributed by atoms with E-state index in [-0.39, 0.29) is 29.1 Å². The highest BCUT2D eigenvalue weighted by Crippen LogP contribution is 2.35. The third kappa shape index (κ3) is 4.82. The first-order valence-electron chi connectivity index (χ1n) is 6.21. The van der Waals surface area contributed by atoms with Crippen LogP contribution in [0.3, 0.4) is 0 Å². The molecular weight excluding hydrogens is 305 g/mol. The number of amides is 1.